The lowest BCUT2D eigenvalue weighted by Gasteiger charge is -2.12. The highest BCUT2D eigenvalue weighted by atomic mass is 32.3. The molecule has 0 saturated carbocycles. The van der Waals surface area contributed by atoms with E-state index in [4.69, 9.17) is 15.3 Å². The van der Waals surface area contributed by atoms with E-state index >= 15 is 0 Å². The van der Waals surface area contributed by atoms with Gasteiger partial charge in [-0.05, 0) is 0 Å². The topological polar surface area (TPSA) is 148 Å². The summed E-state index contributed by atoms with van der Waals surface area (Å²) in [7, 11) is -3.41. The molecule has 0 aromatic heterocycles. The lowest BCUT2D eigenvalue weighted by atomic mass is 10.6. The van der Waals surface area contributed by atoms with Crippen LogP contribution in [-0.2, 0) is 18.8 Å². The molecule has 0 spiro atoms. The van der Waals surface area contributed by atoms with Gasteiger partial charge in [0.05, 0.1) is 7.11 Å². The lowest BCUT2D eigenvalue weighted by molar-refractivity contribution is -0.322. The second-order valence-electron chi connectivity index (χ2n) is 1.61. The van der Waals surface area contributed by atoms with E-state index in [-0.39, 0.29) is 6.15 Å². The summed E-state index contributed by atoms with van der Waals surface area (Å²) in [5, 5.41) is 24.4. The SMILES string of the molecule is COS(=O)(=O)OCC(O)(O)O.N. The quantitative estimate of drug-likeness (QED) is 0.374. The molecule has 0 bridgehead atoms. The third-order valence-corrected chi connectivity index (χ3v) is 1.42. The maximum absolute atomic E-state index is 10.3. The molecule has 0 aliphatic heterocycles. The van der Waals surface area contributed by atoms with E-state index in [9.17, 15) is 8.42 Å². The van der Waals surface area contributed by atoms with Crippen LogP contribution < -0.4 is 6.15 Å². The Labute approximate surface area is 69.3 Å². The molecule has 9 heteroatoms. The van der Waals surface area contributed by atoms with Gasteiger partial charge >= 0.3 is 16.4 Å². The fourth-order valence-electron chi connectivity index (χ4n) is 0.199. The Morgan fingerprint density at radius 2 is 1.75 bits per heavy atom. The van der Waals surface area contributed by atoms with Crippen molar-refractivity contribution < 1.29 is 32.1 Å². The van der Waals surface area contributed by atoms with E-state index in [1.165, 1.54) is 0 Å². The molecular weight excluding hydrogens is 194 g/mol. The van der Waals surface area contributed by atoms with Crippen molar-refractivity contribution in [2.24, 2.45) is 0 Å². The second-order valence-corrected chi connectivity index (χ2v) is 3.00. The van der Waals surface area contributed by atoms with E-state index in [0.717, 1.165) is 7.11 Å². The van der Waals surface area contributed by atoms with Gasteiger partial charge in [-0.15, -0.1) is 0 Å². The van der Waals surface area contributed by atoms with Crippen molar-refractivity contribution in [1.29, 1.82) is 0 Å². The Morgan fingerprint density at radius 1 is 1.33 bits per heavy atom. The highest BCUT2D eigenvalue weighted by Crippen LogP contribution is 1.99. The van der Waals surface area contributed by atoms with E-state index in [1.807, 2.05) is 0 Å². The zero-order valence-electron chi connectivity index (χ0n) is 6.30. The Kier molecular flexibility index (Phi) is 5.54. The smallest absolute Gasteiger partial charge is 0.344 e. The number of hydrogen-bond donors (Lipinski definition) is 4. The van der Waals surface area contributed by atoms with Crippen LogP contribution in [0.1, 0.15) is 0 Å². The maximum atomic E-state index is 10.3. The molecule has 6 N–H and O–H groups in total. The molecule has 8 nitrogen and oxygen atoms in total. The number of hydrogen-bond acceptors (Lipinski definition) is 8. The average Bonchev–Trinajstić information content (AvgIpc) is 1.83. The van der Waals surface area contributed by atoms with Gasteiger partial charge in [0.15, 0.2) is 0 Å². The molecule has 12 heavy (non-hydrogen) atoms. The minimum absolute atomic E-state index is 0. The molecule has 0 atom stereocenters. The van der Waals surface area contributed by atoms with Crippen molar-refractivity contribution >= 4 is 10.4 Å². The summed E-state index contributed by atoms with van der Waals surface area (Å²) < 4.78 is 28.0. The highest BCUT2D eigenvalue weighted by Gasteiger charge is 2.23. The summed E-state index contributed by atoms with van der Waals surface area (Å²) in [6.45, 7) is -1.21. The maximum Gasteiger partial charge on any atom is 0.399 e. The molecule has 0 rings (SSSR count). The molecule has 0 aliphatic rings. The first-order chi connectivity index (χ1) is 4.77. The summed E-state index contributed by atoms with van der Waals surface area (Å²) in [5.74, 6) is -3.18. The van der Waals surface area contributed by atoms with Gasteiger partial charge in [-0.25, -0.2) is 4.18 Å². The van der Waals surface area contributed by atoms with Crippen molar-refractivity contribution in [2.45, 2.75) is 5.97 Å². The minimum Gasteiger partial charge on any atom is -0.344 e. The molecule has 0 amide bonds. The second kappa shape index (κ2) is 4.67. The highest BCUT2D eigenvalue weighted by molar-refractivity contribution is 7.81. The normalized spacial score (nSPS) is 12.3. The predicted octanol–water partition coefficient (Wildman–Crippen LogP) is -2.31. The lowest BCUT2D eigenvalue weighted by Crippen LogP contribution is -2.34. The molecule has 0 radical (unpaired) electrons. The summed E-state index contributed by atoms with van der Waals surface area (Å²) >= 11 is 0. The Balaban J connectivity index is 0. The van der Waals surface area contributed by atoms with Crippen LogP contribution in [0, 0.1) is 0 Å². The molecular formula is C3H11NO7S. The van der Waals surface area contributed by atoms with Gasteiger partial charge in [-0.2, -0.15) is 8.42 Å². The van der Waals surface area contributed by atoms with Crippen molar-refractivity contribution in [1.82, 2.24) is 6.15 Å². The van der Waals surface area contributed by atoms with Gasteiger partial charge in [0.1, 0.15) is 6.61 Å². The van der Waals surface area contributed by atoms with E-state index in [0.29, 0.717) is 0 Å². The average molecular weight is 205 g/mol. The summed E-state index contributed by atoms with van der Waals surface area (Å²) in [6, 6.07) is 0. The number of rotatable bonds is 4. The summed E-state index contributed by atoms with van der Waals surface area (Å²) in [4.78, 5) is 0. The monoisotopic (exact) mass is 205 g/mol. The van der Waals surface area contributed by atoms with Crippen LogP contribution in [0.2, 0.25) is 0 Å². The predicted molar refractivity (Wildman–Crippen MR) is 36.3 cm³/mol. The van der Waals surface area contributed by atoms with Gasteiger partial charge < -0.3 is 21.5 Å². The Hall–Kier alpha value is -0.290. The van der Waals surface area contributed by atoms with E-state index in [1.54, 1.807) is 0 Å². The molecule has 0 aromatic carbocycles. The van der Waals surface area contributed by atoms with Crippen LogP contribution in [-0.4, -0.2) is 43.4 Å². The molecule has 0 saturated heterocycles. The van der Waals surface area contributed by atoms with Crippen LogP contribution in [0.3, 0.4) is 0 Å². The first-order valence-electron chi connectivity index (χ1n) is 2.39. The molecule has 76 valence electrons. The van der Waals surface area contributed by atoms with E-state index in [2.05, 4.69) is 8.37 Å². The summed E-state index contributed by atoms with van der Waals surface area (Å²) in [5.41, 5.74) is 0. The first-order valence-corrected chi connectivity index (χ1v) is 3.72. The van der Waals surface area contributed by atoms with Crippen LogP contribution in [0.5, 0.6) is 0 Å². The summed E-state index contributed by atoms with van der Waals surface area (Å²) in [6.07, 6.45) is 0. The minimum atomic E-state index is -4.23. The fraction of sp³-hybridized carbons (Fsp3) is 1.00. The Bertz CT molecular complexity index is 203. The van der Waals surface area contributed by atoms with Gasteiger partial charge in [0.2, 0.25) is 0 Å². The molecule has 0 unspecified atom stereocenters. The number of aliphatic hydroxyl groups is 3. The Morgan fingerprint density at radius 3 is 2.00 bits per heavy atom. The molecule has 0 heterocycles. The van der Waals surface area contributed by atoms with Crippen LogP contribution >= 0.6 is 0 Å². The van der Waals surface area contributed by atoms with Crippen LogP contribution in [0.25, 0.3) is 0 Å². The molecule has 0 fully saturated rings. The van der Waals surface area contributed by atoms with Crippen molar-refractivity contribution in [3.63, 3.8) is 0 Å². The van der Waals surface area contributed by atoms with Crippen molar-refractivity contribution in [2.75, 3.05) is 13.7 Å². The fourth-order valence-corrected chi connectivity index (χ4v) is 0.598. The van der Waals surface area contributed by atoms with Gasteiger partial charge in [0, 0.05) is 0 Å². The van der Waals surface area contributed by atoms with Crippen molar-refractivity contribution in [3.8, 4) is 0 Å². The zero-order chi connectivity index (χ0) is 9.12. The van der Waals surface area contributed by atoms with Gasteiger partial charge in [-0.3, -0.25) is 4.18 Å². The van der Waals surface area contributed by atoms with Crippen LogP contribution in [0.4, 0.5) is 0 Å². The van der Waals surface area contributed by atoms with Crippen molar-refractivity contribution in [3.05, 3.63) is 0 Å². The molecule has 0 aromatic rings. The molecule has 0 aliphatic carbocycles. The van der Waals surface area contributed by atoms with Gasteiger partial charge in [0.25, 0.3) is 0 Å². The van der Waals surface area contributed by atoms with Crippen LogP contribution in [0.15, 0.2) is 0 Å². The van der Waals surface area contributed by atoms with E-state index < -0.39 is 23.0 Å². The standard InChI is InChI=1S/C3H8O7S.H3N/c1-9-11(7,8)10-2-3(4,5)6;/h4-6H,2H2,1H3;1H3. The third kappa shape index (κ3) is 7.81. The largest absolute Gasteiger partial charge is 0.399 e. The first kappa shape index (κ1) is 14.2. The van der Waals surface area contributed by atoms with Gasteiger partial charge in [-0.1, -0.05) is 0 Å². The third-order valence-electron chi connectivity index (χ3n) is 0.601. The zero-order valence-corrected chi connectivity index (χ0v) is 7.11.